The minimum Gasteiger partial charge on any atom is -0.409 e. The summed E-state index contributed by atoms with van der Waals surface area (Å²) in [6.45, 7) is -1.05. The van der Waals surface area contributed by atoms with Gasteiger partial charge in [-0.3, -0.25) is 0 Å². The fourth-order valence-corrected chi connectivity index (χ4v) is 1.93. The van der Waals surface area contributed by atoms with Crippen LogP contribution in [0.4, 0.5) is 18.9 Å². The molecule has 0 atom stereocenters. The monoisotopic (exact) mass is 325 g/mol. The maximum atomic E-state index is 12.2. The van der Waals surface area contributed by atoms with E-state index in [1.165, 1.54) is 25.2 Å². The Morgan fingerprint density at radius 1 is 1.50 bits per heavy atom. The maximum Gasteiger partial charge on any atom is 0.405 e. The molecule has 18 heavy (non-hydrogen) atoms. The second kappa shape index (κ2) is 5.47. The molecule has 0 saturated carbocycles. The van der Waals surface area contributed by atoms with Crippen LogP contribution in [-0.4, -0.2) is 30.8 Å². The van der Waals surface area contributed by atoms with Gasteiger partial charge in [0.25, 0.3) is 0 Å². The molecule has 0 unspecified atom stereocenters. The molecule has 0 spiro atoms. The Labute approximate surface area is 110 Å². The number of hydrogen-bond donors (Lipinski definition) is 2. The number of benzene rings is 1. The minimum atomic E-state index is -4.27. The predicted octanol–water partition coefficient (Wildman–Crippen LogP) is 2.54. The molecule has 100 valence electrons. The second-order valence-electron chi connectivity index (χ2n) is 3.62. The highest BCUT2D eigenvalue weighted by Gasteiger charge is 2.29. The van der Waals surface area contributed by atoms with E-state index in [-0.39, 0.29) is 5.84 Å². The third-order valence-electron chi connectivity index (χ3n) is 2.19. The van der Waals surface area contributed by atoms with Crippen molar-refractivity contribution in [3.63, 3.8) is 0 Å². The summed E-state index contributed by atoms with van der Waals surface area (Å²) in [7, 11) is 1.33. The first-order valence-corrected chi connectivity index (χ1v) is 5.59. The summed E-state index contributed by atoms with van der Waals surface area (Å²) in [5.41, 5.74) is 6.17. The van der Waals surface area contributed by atoms with Crippen molar-refractivity contribution < 1.29 is 18.4 Å². The van der Waals surface area contributed by atoms with E-state index in [0.29, 0.717) is 15.7 Å². The molecule has 0 aliphatic rings. The lowest BCUT2D eigenvalue weighted by Gasteiger charge is -2.21. The van der Waals surface area contributed by atoms with Gasteiger partial charge in [-0.15, -0.1) is 0 Å². The van der Waals surface area contributed by atoms with Gasteiger partial charge in [0, 0.05) is 22.8 Å². The van der Waals surface area contributed by atoms with E-state index < -0.39 is 12.7 Å². The molecule has 0 aromatic heterocycles. The topological polar surface area (TPSA) is 61.8 Å². The number of rotatable bonds is 3. The van der Waals surface area contributed by atoms with Crippen molar-refractivity contribution in [2.75, 3.05) is 18.5 Å². The highest BCUT2D eigenvalue weighted by Crippen LogP contribution is 2.26. The largest absolute Gasteiger partial charge is 0.409 e. The molecular weight excluding hydrogens is 315 g/mol. The fraction of sp³-hybridized carbons (Fsp3) is 0.300. The summed E-state index contributed by atoms with van der Waals surface area (Å²) in [4.78, 5) is 1.06. The van der Waals surface area contributed by atoms with Gasteiger partial charge in [-0.25, -0.2) is 0 Å². The molecule has 0 fully saturated rings. The number of halogens is 4. The zero-order valence-electron chi connectivity index (χ0n) is 9.37. The van der Waals surface area contributed by atoms with Crippen LogP contribution in [0.25, 0.3) is 0 Å². The molecule has 0 heterocycles. The smallest absolute Gasteiger partial charge is 0.405 e. The van der Waals surface area contributed by atoms with Gasteiger partial charge in [0.1, 0.15) is 6.54 Å². The zero-order chi connectivity index (χ0) is 13.9. The Balaban J connectivity index is 2.98. The van der Waals surface area contributed by atoms with Gasteiger partial charge < -0.3 is 15.8 Å². The number of amidine groups is 1. The van der Waals surface area contributed by atoms with Crippen LogP contribution < -0.4 is 10.6 Å². The van der Waals surface area contributed by atoms with E-state index >= 15 is 0 Å². The van der Waals surface area contributed by atoms with Crippen molar-refractivity contribution in [3.05, 3.63) is 28.2 Å². The number of nitrogens with two attached hydrogens (primary N) is 1. The molecule has 0 aliphatic carbocycles. The van der Waals surface area contributed by atoms with Gasteiger partial charge in [0.05, 0.1) is 0 Å². The summed E-state index contributed by atoms with van der Waals surface area (Å²) < 4.78 is 37.1. The van der Waals surface area contributed by atoms with Crippen molar-refractivity contribution in [2.24, 2.45) is 10.9 Å². The Hall–Kier alpha value is -1.44. The van der Waals surface area contributed by atoms with Gasteiger partial charge in [0.15, 0.2) is 5.84 Å². The van der Waals surface area contributed by atoms with Crippen molar-refractivity contribution in [1.29, 1.82) is 0 Å². The van der Waals surface area contributed by atoms with Crippen LogP contribution in [0.15, 0.2) is 27.8 Å². The summed E-state index contributed by atoms with van der Waals surface area (Å²) in [5.74, 6) is -0.119. The number of alkyl halides is 3. The highest BCUT2D eigenvalue weighted by atomic mass is 79.9. The first-order valence-electron chi connectivity index (χ1n) is 4.80. The first-order chi connectivity index (χ1) is 8.24. The Morgan fingerprint density at radius 2 is 2.11 bits per heavy atom. The quantitative estimate of drug-likeness (QED) is 0.388. The highest BCUT2D eigenvalue weighted by molar-refractivity contribution is 9.10. The maximum absolute atomic E-state index is 12.2. The molecule has 0 radical (unpaired) electrons. The van der Waals surface area contributed by atoms with Gasteiger partial charge in [-0.05, 0) is 34.1 Å². The molecule has 0 amide bonds. The number of oxime groups is 1. The van der Waals surface area contributed by atoms with Crippen LogP contribution in [0.5, 0.6) is 0 Å². The molecular formula is C10H11BrF3N3O. The number of anilines is 1. The molecule has 0 aliphatic heterocycles. The molecule has 4 nitrogen and oxygen atoms in total. The van der Waals surface area contributed by atoms with E-state index in [0.717, 1.165) is 4.90 Å². The zero-order valence-corrected chi connectivity index (χ0v) is 11.0. The summed E-state index contributed by atoms with van der Waals surface area (Å²) in [6, 6.07) is 4.41. The third-order valence-corrected chi connectivity index (χ3v) is 2.85. The van der Waals surface area contributed by atoms with Crippen molar-refractivity contribution in [2.45, 2.75) is 6.18 Å². The fourth-order valence-electron chi connectivity index (χ4n) is 1.36. The van der Waals surface area contributed by atoms with Crippen molar-refractivity contribution in [3.8, 4) is 0 Å². The minimum absolute atomic E-state index is 0.119. The van der Waals surface area contributed by atoms with Gasteiger partial charge in [0.2, 0.25) is 0 Å². The number of nitrogens with zero attached hydrogens (tertiary/aromatic N) is 2. The summed E-state index contributed by atoms with van der Waals surface area (Å²) in [6.07, 6.45) is -4.27. The standard InChI is InChI=1S/C10H11BrF3N3O/c1-17(5-10(12,13)14)6-2-3-7(8(11)4-6)9(15)16-18/h2-4,18H,5H2,1H3,(H2,15,16). The Morgan fingerprint density at radius 3 is 2.56 bits per heavy atom. The van der Waals surface area contributed by atoms with Crippen LogP contribution in [0.3, 0.4) is 0 Å². The van der Waals surface area contributed by atoms with E-state index in [1.807, 2.05) is 0 Å². The first kappa shape index (κ1) is 14.6. The molecule has 1 rings (SSSR count). The van der Waals surface area contributed by atoms with Crippen LogP contribution in [0.2, 0.25) is 0 Å². The average Bonchev–Trinajstić information content (AvgIpc) is 2.25. The lowest BCUT2D eigenvalue weighted by atomic mass is 10.2. The van der Waals surface area contributed by atoms with Gasteiger partial charge >= 0.3 is 6.18 Å². The molecule has 1 aromatic carbocycles. The Kier molecular flexibility index (Phi) is 4.44. The predicted molar refractivity (Wildman–Crippen MR) is 66.0 cm³/mol. The molecule has 8 heteroatoms. The van der Waals surface area contributed by atoms with Crippen molar-refractivity contribution in [1.82, 2.24) is 0 Å². The van der Waals surface area contributed by atoms with Gasteiger partial charge in [-0.2, -0.15) is 13.2 Å². The average molecular weight is 326 g/mol. The molecule has 0 bridgehead atoms. The third kappa shape index (κ3) is 3.80. The molecule has 0 saturated heterocycles. The Bertz CT molecular complexity index is 462. The molecule has 3 N–H and O–H groups in total. The van der Waals surface area contributed by atoms with Gasteiger partial charge in [-0.1, -0.05) is 5.16 Å². The number of hydrogen-bond acceptors (Lipinski definition) is 3. The van der Waals surface area contributed by atoms with Crippen LogP contribution in [0, 0.1) is 0 Å². The summed E-state index contributed by atoms with van der Waals surface area (Å²) >= 11 is 3.16. The van der Waals surface area contributed by atoms with E-state index in [9.17, 15) is 13.2 Å². The van der Waals surface area contributed by atoms with E-state index in [2.05, 4.69) is 21.1 Å². The van der Waals surface area contributed by atoms with E-state index in [4.69, 9.17) is 10.9 Å². The molecule has 1 aromatic rings. The normalized spacial score (nSPS) is 12.6. The van der Waals surface area contributed by atoms with E-state index in [1.54, 1.807) is 0 Å². The van der Waals surface area contributed by atoms with Crippen LogP contribution >= 0.6 is 15.9 Å². The lowest BCUT2D eigenvalue weighted by Crippen LogP contribution is -2.30. The lowest BCUT2D eigenvalue weighted by molar-refractivity contribution is -0.119. The van der Waals surface area contributed by atoms with Crippen molar-refractivity contribution >= 4 is 27.5 Å². The van der Waals surface area contributed by atoms with Crippen LogP contribution in [-0.2, 0) is 0 Å². The van der Waals surface area contributed by atoms with Crippen LogP contribution in [0.1, 0.15) is 5.56 Å². The second-order valence-corrected chi connectivity index (χ2v) is 4.47. The summed E-state index contributed by atoms with van der Waals surface area (Å²) in [5, 5.41) is 11.4. The SMILES string of the molecule is CN(CC(F)(F)F)c1ccc(/C(N)=N/O)c(Br)c1.